The number of anilines is 1. The summed E-state index contributed by atoms with van der Waals surface area (Å²) in [7, 11) is 0. The maximum absolute atomic E-state index is 13.4. The molecule has 0 spiro atoms. The van der Waals surface area contributed by atoms with Crippen LogP contribution in [0.25, 0.3) is 0 Å². The molecule has 2 aliphatic heterocycles. The van der Waals surface area contributed by atoms with Crippen molar-refractivity contribution in [1.29, 1.82) is 0 Å². The fraction of sp³-hybridized carbons (Fsp3) is 0.417. The molecule has 7 heteroatoms. The van der Waals surface area contributed by atoms with Gasteiger partial charge in [0.1, 0.15) is 11.9 Å². The summed E-state index contributed by atoms with van der Waals surface area (Å²) >= 11 is 6.19. The lowest BCUT2D eigenvalue weighted by atomic mass is 9.97. The van der Waals surface area contributed by atoms with E-state index in [-0.39, 0.29) is 24.0 Å². The quantitative estimate of drug-likeness (QED) is 0.768. The van der Waals surface area contributed by atoms with Gasteiger partial charge < -0.3 is 15.0 Å². The van der Waals surface area contributed by atoms with Gasteiger partial charge in [0, 0.05) is 24.7 Å². The Morgan fingerprint density at radius 2 is 2.00 bits per heavy atom. The Morgan fingerprint density at radius 1 is 1.19 bits per heavy atom. The average Bonchev–Trinajstić information content (AvgIpc) is 2.77. The van der Waals surface area contributed by atoms with E-state index in [0.29, 0.717) is 31.2 Å². The molecule has 0 radical (unpaired) electrons. The van der Waals surface area contributed by atoms with Crippen LogP contribution in [-0.4, -0.2) is 42.6 Å². The minimum Gasteiger partial charge on any atom is -0.487 e. The second-order valence-corrected chi connectivity index (χ2v) is 8.79. The van der Waals surface area contributed by atoms with Crippen molar-refractivity contribution >= 4 is 29.2 Å². The first kappa shape index (κ1) is 21.5. The van der Waals surface area contributed by atoms with Gasteiger partial charge in [-0.15, -0.1) is 0 Å². The predicted molar refractivity (Wildman–Crippen MR) is 122 cm³/mol. The number of carbonyl (C=O) groups excluding carboxylic acids is 2. The number of benzene rings is 2. The first-order valence-electron chi connectivity index (χ1n) is 10.8. The van der Waals surface area contributed by atoms with Crippen LogP contribution in [0.15, 0.2) is 42.5 Å². The number of nitrogens with zero attached hydrogens (tertiary/aromatic N) is 2. The number of hydrogen-bond donors (Lipinski definition) is 1. The van der Waals surface area contributed by atoms with Gasteiger partial charge in [-0.1, -0.05) is 35.9 Å². The molecule has 3 amide bonds. The zero-order valence-electron chi connectivity index (χ0n) is 17.9. The van der Waals surface area contributed by atoms with Crippen molar-refractivity contribution in [3.63, 3.8) is 0 Å². The Labute approximate surface area is 188 Å². The van der Waals surface area contributed by atoms with Gasteiger partial charge in [-0.2, -0.15) is 0 Å². The number of ether oxygens (including phenoxy) is 1. The maximum Gasteiger partial charge on any atom is 0.324 e. The fourth-order valence-corrected chi connectivity index (χ4v) is 4.44. The Bertz CT molecular complexity index is 980. The van der Waals surface area contributed by atoms with Crippen LogP contribution in [-0.2, 0) is 11.3 Å². The molecule has 0 bridgehead atoms. The van der Waals surface area contributed by atoms with Gasteiger partial charge in [0.25, 0.3) is 0 Å². The molecular weight excluding hydrogens is 414 g/mol. The number of hydrogen-bond acceptors (Lipinski definition) is 3. The number of nitrogens with one attached hydrogen (secondary N) is 1. The van der Waals surface area contributed by atoms with Crippen molar-refractivity contribution in [1.82, 2.24) is 10.2 Å². The number of piperidine rings is 1. The normalized spacial score (nSPS) is 20.6. The molecule has 2 aliphatic rings. The molecule has 31 heavy (non-hydrogen) atoms. The van der Waals surface area contributed by atoms with Crippen LogP contribution in [0.5, 0.6) is 5.75 Å². The third kappa shape index (κ3) is 4.79. The minimum atomic E-state index is -0.226. The summed E-state index contributed by atoms with van der Waals surface area (Å²) in [4.78, 5) is 29.8. The van der Waals surface area contributed by atoms with Crippen molar-refractivity contribution < 1.29 is 14.3 Å². The molecule has 0 aliphatic carbocycles. The van der Waals surface area contributed by atoms with E-state index >= 15 is 0 Å². The summed E-state index contributed by atoms with van der Waals surface area (Å²) in [6.45, 7) is 5.91. The van der Waals surface area contributed by atoms with Crippen LogP contribution in [0.1, 0.15) is 30.9 Å². The second kappa shape index (κ2) is 9.18. The molecule has 2 aromatic rings. The van der Waals surface area contributed by atoms with Crippen LogP contribution in [0.3, 0.4) is 0 Å². The lowest BCUT2D eigenvalue weighted by Gasteiger charge is -2.39. The van der Waals surface area contributed by atoms with Gasteiger partial charge in [0.2, 0.25) is 5.91 Å². The highest BCUT2D eigenvalue weighted by Gasteiger charge is 2.34. The first-order valence-corrected chi connectivity index (χ1v) is 11.1. The standard InChI is InChI=1S/C24H28ClN3O3/c1-16-9-10-22-21(12-16)28(14-17(2)31-22)24(30)27-11-5-7-19(15-27)23(29)26-13-18-6-3-4-8-20(18)25/h3-4,6,8-10,12,17,19H,5,7,11,13-15H2,1-2H3,(H,26,29). The van der Waals surface area contributed by atoms with Crippen molar-refractivity contribution in [2.45, 2.75) is 39.3 Å². The summed E-state index contributed by atoms with van der Waals surface area (Å²) in [6.07, 6.45) is 1.49. The highest BCUT2D eigenvalue weighted by Crippen LogP contribution is 2.35. The van der Waals surface area contributed by atoms with Crippen LogP contribution in [0, 0.1) is 12.8 Å². The monoisotopic (exact) mass is 441 g/mol. The maximum atomic E-state index is 13.4. The van der Waals surface area contributed by atoms with Crippen LogP contribution in [0.2, 0.25) is 5.02 Å². The zero-order valence-corrected chi connectivity index (χ0v) is 18.7. The highest BCUT2D eigenvalue weighted by atomic mass is 35.5. The molecule has 2 aromatic carbocycles. The van der Waals surface area contributed by atoms with Gasteiger partial charge in [-0.3, -0.25) is 9.69 Å². The fourth-order valence-electron chi connectivity index (χ4n) is 4.23. The Morgan fingerprint density at radius 3 is 2.81 bits per heavy atom. The number of aryl methyl sites for hydroxylation is 1. The van der Waals surface area contributed by atoms with Crippen molar-refractivity contribution in [2.75, 3.05) is 24.5 Å². The van der Waals surface area contributed by atoms with E-state index in [4.69, 9.17) is 16.3 Å². The van der Waals surface area contributed by atoms with Crippen molar-refractivity contribution in [2.24, 2.45) is 5.92 Å². The predicted octanol–water partition coefficient (Wildman–Crippen LogP) is 4.38. The molecule has 2 heterocycles. The zero-order chi connectivity index (χ0) is 22.0. The van der Waals surface area contributed by atoms with Crippen LogP contribution >= 0.6 is 11.6 Å². The second-order valence-electron chi connectivity index (χ2n) is 8.39. The van der Waals surface area contributed by atoms with Crippen molar-refractivity contribution in [3.8, 4) is 5.75 Å². The summed E-state index contributed by atoms with van der Waals surface area (Å²) in [5, 5.41) is 3.62. The molecule has 4 rings (SSSR count). The first-order chi connectivity index (χ1) is 14.9. The van der Waals surface area contributed by atoms with E-state index in [0.717, 1.165) is 35.4 Å². The van der Waals surface area contributed by atoms with E-state index in [1.807, 2.05) is 56.3 Å². The topological polar surface area (TPSA) is 61.9 Å². The molecule has 1 N–H and O–H groups in total. The number of carbonyl (C=O) groups is 2. The SMILES string of the molecule is Cc1ccc2c(c1)N(C(=O)N1CCCC(C(=O)NCc3ccccc3Cl)C1)CC(C)O2. The van der Waals surface area contributed by atoms with Gasteiger partial charge >= 0.3 is 6.03 Å². The average molecular weight is 442 g/mol. The number of amides is 3. The highest BCUT2D eigenvalue weighted by molar-refractivity contribution is 6.31. The molecular formula is C24H28ClN3O3. The Balaban J connectivity index is 1.43. The largest absolute Gasteiger partial charge is 0.487 e. The smallest absolute Gasteiger partial charge is 0.324 e. The lowest BCUT2D eigenvalue weighted by Crippen LogP contribution is -2.53. The van der Waals surface area contributed by atoms with Gasteiger partial charge in [0.15, 0.2) is 0 Å². The third-order valence-corrected chi connectivity index (χ3v) is 6.25. The van der Waals surface area contributed by atoms with Crippen LogP contribution in [0.4, 0.5) is 10.5 Å². The number of halogens is 1. The molecule has 0 saturated carbocycles. The van der Waals surface area contributed by atoms with E-state index in [2.05, 4.69) is 5.32 Å². The van der Waals surface area contributed by atoms with Gasteiger partial charge in [-0.05, 0) is 56.0 Å². The van der Waals surface area contributed by atoms with Gasteiger partial charge in [0.05, 0.1) is 18.2 Å². The number of rotatable bonds is 3. The molecule has 0 aromatic heterocycles. The van der Waals surface area contributed by atoms with Crippen molar-refractivity contribution in [3.05, 3.63) is 58.6 Å². The summed E-state index contributed by atoms with van der Waals surface area (Å²) in [5.74, 6) is 0.461. The summed E-state index contributed by atoms with van der Waals surface area (Å²) < 4.78 is 5.91. The van der Waals surface area contributed by atoms with Gasteiger partial charge in [-0.25, -0.2) is 4.79 Å². The molecule has 1 fully saturated rings. The third-order valence-electron chi connectivity index (χ3n) is 5.88. The van der Waals surface area contributed by atoms with E-state index in [1.54, 1.807) is 9.80 Å². The molecule has 2 atom stereocenters. The number of fused-ring (bicyclic) bond motifs is 1. The molecule has 1 saturated heterocycles. The van der Waals surface area contributed by atoms with E-state index in [1.165, 1.54) is 0 Å². The van der Waals surface area contributed by atoms with E-state index in [9.17, 15) is 9.59 Å². The number of urea groups is 1. The molecule has 6 nitrogen and oxygen atoms in total. The van der Waals surface area contributed by atoms with Crippen LogP contribution < -0.4 is 15.0 Å². The summed E-state index contributed by atoms with van der Waals surface area (Å²) in [6, 6.07) is 13.3. The van der Waals surface area contributed by atoms with E-state index < -0.39 is 0 Å². The lowest BCUT2D eigenvalue weighted by molar-refractivity contribution is -0.126. The Kier molecular flexibility index (Phi) is 6.37. The number of likely N-dealkylation sites (tertiary alicyclic amines) is 1. The molecule has 164 valence electrons. The minimum absolute atomic E-state index is 0.0380. The molecule has 2 unspecified atom stereocenters. The summed E-state index contributed by atoms with van der Waals surface area (Å²) in [5.41, 5.74) is 2.76. The Hall–Kier alpha value is -2.73.